The number of ether oxygens (including phenoxy) is 1. The summed E-state index contributed by atoms with van der Waals surface area (Å²) in [7, 11) is 0. The number of hydrogen-bond acceptors (Lipinski definition) is 5. The van der Waals surface area contributed by atoms with Crippen LogP contribution in [0.15, 0.2) is 53.7 Å². The molecule has 0 saturated carbocycles. The first-order valence-electron chi connectivity index (χ1n) is 9.61. The lowest BCUT2D eigenvalue weighted by atomic mass is 10.00. The maximum Gasteiger partial charge on any atom is 0.328 e. The topological polar surface area (TPSA) is 90.6 Å². The number of aromatic amines is 1. The van der Waals surface area contributed by atoms with E-state index >= 15 is 0 Å². The van der Waals surface area contributed by atoms with Gasteiger partial charge in [-0.1, -0.05) is 0 Å². The van der Waals surface area contributed by atoms with Gasteiger partial charge in [0.15, 0.2) is 5.65 Å². The molecule has 0 spiro atoms. The molecule has 0 bridgehead atoms. The Bertz CT molecular complexity index is 1540. The number of H-pyrrole nitrogens is 1. The van der Waals surface area contributed by atoms with Crippen LogP contribution in [0.4, 0.5) is 8.78 Å². The highest BCUT2D eigenvalue weighted by molar-refractivity contribution is 5.77. The van der Waals surface area contributed by atoms with Gasteiger partial charge in [0, 0.05) is 18.1 Å². The van der Waals surface area contributed by atoms with Crippen LogP contribution in [-0.4, -0.2) is 35.7 Å². The zero-order valence-corrected chi connectivity index (χ0v) is 15.9. The Morgan fingerprint density at radius 1 is 1.10 bits per heavy atom. The van der Waals surface area contributed by atoms with Crippen molar-refractivity contribution in [3.63, 3.8) is 0 Å². The van der Waals surface area contributed by atoms with Crippen LogP contribution in [-0.2, 0) is 0 Å². The molecule has 8 nitrogen and oxygen atoms in total. The Morgan fingerprint density at radius 2 is 1.94 bits per heavy atom. The van der Waals surface area contributed by atoms with Gasteiger partial charge >= 0.3 is 5.69 Å². The molecule has 6 rings (SSSR count). The highest BCUT2D eigenvalue weighted by Gasteiger charge is 2.27. The summed E-state index contributed by atoms with van der Waals surface area (Å²) in [6.45, 7) is 0.381. The van der Waals surface area contributed by atoms with E-state index in [9.17, 15) is 13.6 Å². The van der Waals surface area contributed by atoms with Crippen molar-refractivity contribution in [3.8, 4) is 11.7 Å². The fourth-order valence-electron chi connectivity index (χ4n) is 4.07. The normalized spacial score (nSPS) is 15.9. The Balaban J connectivity index is 1.56. The first-order valence-corrected chi connectivity index (χ1v) is 9.61. The molecule has 0 unspecified atom stereocenters. The fourth-order valence-corrected chi connectivity index (χ4v) is 4.07. The molecule has 4 heterocycles. The molecule has 154 valence electrons. The number of nitrogens with one attached hydrogen (secondary N) is 1. The van der Waals surface area contributed by atoms with Crippen LogP contribution in [0.25, 0.3) is 28.1 Å². The van der Waals surface area contributed by atoms with Gasteiger partial charge in [0.2, 0.25) is 5.95 Å². The van der Waals surface area contributed by atoms with Crippen molar-refractivity contribution in [1.82, 2.24) is 29.1 Å². The molecule has 5 aromatic rings. The van der Waals surface area contributed by atoms with Crippen molar-refractivity contribution in [2.45, 2.75) is 12.5 Å². The molecule has 0 aliphatic carbocycles. The van der Waals surface area contributed by atoms with E-state index in [1.54, 1.807) is 16.7 Å². The minimum Gasteiger partial charge on any atom is -0.493 e. The average molecular weight is 420 g/mol. The molecule has 3 aromatic heterocycles. The first kappa shape index (κ1) is 17.8. The van der Waals surface area contributed by atoms with Gasteiger partial charge in [-0.15, -0.1) is 0 Å². The van der Waals surface area contributed by atoms with Gasteiger partial charge < -0.3 is 9.72 Å². The molecular formula is C21H14F2N6O2. The van der Waals surface area contributed by atoms with Crippen molar-refractivity contribution in [1.29, 1.82) is 0 Å². The number of nitrogens with zero attached hydrogens (tertiary/aromatic N) is 5. The van der Waals surface area contributed by atoms with Gasteiger partial charge in [-0.25, -0.2) is 23.5 Å². The Hall–Kier alpha value is -4.08. The molecule has 2 aromatic carbocycles. The fraction of sp³-hybridized carbons (Fsp3) is 0.143. The Labute approximate surface area is 172 Å². The monoisotopic (exact) mass is 420 g/mol. The zero-order valence-electron chi connectivity index (χ0n) is 15.9. The van der Waals surface area contributed by atoms with Crippen molar-refractivity contribution >= 4 is 22.2 Å². The summed E-state index contributed by atoms with van der Waals surface area (Å²) < 4.78 is 36.4. The van der Waals surface area contributed by atoms with Crippen LogP contribution in [0.2, 0.25) is 0 Å². The summed E-state index contributed by atoms with van der Waals surface area (Å²) in [5, 5.41) is 0. The molecule has 1 N–H and O–H groups in total. The number of hydrogen-bond donors (Lipinski definition) is 1. The zero-order chi connectivity index (χ0) is 21.1. The third-order valence-corrected chi connectivity index (χ3v) is 5.46. The summed E-state index contributed by atoms with van der Waals surface area (Å²) in [5.74, 6) is -0.0526. The summed E-state index contributed by atoms with van der Waals surface area (Å²) in [6.07, 6.45) is 3.47. The average Bonchev–Trinajstić information content (AvgIpc) is 3.32. The molecule has 0 fully saturated rings. The van der Waals surface area contributed by atoms with Gasteiger partial charge in [-0.05, 0) is 30.3 Å². The second-order valence-corrected chi connectivity index (χ2v) is 7.29. The highest BCUT2D eigenvalue weighted by atomic mass is 19.1. The maximum absolute atomic E-state index is 13.9. The lowest BCUT2D eigenvalue weighted by molar-refractivity contribution is 0.255. The lowest BCUT2D eigenvalue weighted by Crippen LogP contribution is -2.28. The van der Waals surface area contributed by atoms with Gasteiger partial charge in [0.1, 0.15) is 29.2 Å². The second-order valence-electron chi connectivity index (χ2n) is 7.29. The number of aromatic nitrogens is 6. The summed E-state index contributed by atoms with van der Waals surface area (Å²) in [4.78, 5) is 28.7. The van der Waals surface area contributed by atoms with E-state index in [4.69, 9.17) is 4.74 Å². The molecule has 0 radical (unpaired) electrons. The molecular weight excluding hydrogens is 406 g/mol. The maximum atomic E-state index is 13.9. The van der Waals surface area contributed by atoms with Gasteiger partial charge in [-0.3, -0.25) is 9.13 Å². The van der Waals surface area contributed by atoms with Crippen LogP contribution in [0, 0.1) is 11.6 Å². The lowest BCUT2D eigenvalue weighted by Gasteiger charge is -2.26. The first-order chi connectivity index (χ1) is 15.1. The van der Waals surface area contributed by atoms with Crippen molar-refractivity contribution < 1.29 is 13.5 Å². The van der Waals surface area contributed by atoms with E-state index in [2.05, 4.69) is 19.9 Å². The van der Waals surface area contributed by atoms with Crippen LogP contribution < -0.4 is 10.4 Å². The minimum absolute atomic E-state index is 0.236. The van der Waals surface area contributed by atoms with Gasteiger partial charge in [-0.2, -0.15) is 4.98 Å². The van der Waals surface area contributed by atoms with Crippen LogP contribution in [0.5, 0.6) is 5.75 Å². The standard InChI is InChI=1S/C21H14F2N6O2/c22-11-2-4-18-13(7-11)16(5-6-31-18)29-19-15(26-21(29)30)9-24-20(27-19)28-10-25-14-3-1-12(23)8-17(14)28/h1-4,7-10,16H,5-6H2,(H,26,30)/t16-/m1/s1. The minimum atomic E-state index is -0.458. The number of rotatable bonds is 2. The van der Waals surface area contributed by atoms with E-state index in [1.165, 1.54) is 41.4 Å². The summed E-state index contributed by atoms with van der Waals surface area (Å²) in [6, 6.07) is 8.04. The number of benzene rings is 2. The molecule has 1 aliphatic rings. The third-order valence-electron chi connectivity index (χ3n) is 5.46. The number of halogens is 2. The molecule has 31 heavy (non-hydrogen) atoms. The molecule has 0 amide bonds. The van der Waals surface area contributed by atoms with E-state index < -0.39 is 17.7 Å². The van der Waals surface area contributed by atoms with Crippen LogP contribution in [0.1, 0.15) is 18.0 Å². The van der Waals surface area contributed by atoms with E-state index in [0.717, 1.165) is 0 Å². The van der Waals surface area contributed by atoms with E-state index in [-0.39, 0.29) is 11.6 Å². The van der Waals surface area contributed by atoms with Gasteiger partial charge in [0.25, 0.3) is 0 Å². The Morgan fingerprint density at radius 3 is 2.84 bits per heavy atom. The van der Waals surface area contributed by atoms with E-state index in [1.807, 2.05) is 0 Å². The number of imidazole rings is 2. The largest absolute Gasteiger partial charge is 0.493 e. The quantitative estimate of drug-likeness (QED) is 0.474. The van der Waals surface area contributed by atoms with Crippen molar-refractivity contribution in [3.05, 3.63) is 76.6 Å². The van der Waals surface area contributed by atoms with Crippen LogP contribution >= 0.6 is 0 Å². The second kappa shape index (κ2) is 6.46. The highest BCUT2D eigenvalue weighted by Crippen LogP contribution is 2.35. The summed E-state index contributed by atoms with van der Waals surface area (Å²) in [5.41, 5.74) is 2.08. The number of fused-ring (bicyclic) bond motifs is 3. The smallest absolute Gasteiger partial charge is 0.328 e. The Kier molecular flexibility index (Phi) is 3.70. The van der Waals surface area contributed by atoms with Gasteiger partial charge in [0.05, 0.1) is 29.9 Å². The van der Waals surface area contributed by atoms with E-state index in [0.29, 0.717) is 46.5 Å². The summed E-state index contributed by atoms with van der Waals surface area (Å²) >= 11 is 0. The SMILES string of the molecule is O=c1[nH]c2cnc(-n3cnc4ccc(F)cc43)nc2n1[C@@H]1CCOc2ccc(F)cc21. The molecule has 0 saturated heterocycles. The predicted octanol–water partition coefficient (Wildman–Crippen LogP) is 3.11. The van der Waals surface area contributed by atoms with Crippen molar-refractivity contribution in [2.75, 3.05) is 6.61 Å². The van der Waals surface area contributed by atoms with Crippen LogP contribution in [0.3, 0.4) is 0 Å². The molecule has 1 aliphatic heterocycles. The predicted molar refractivity (Wildman–Crippen MR) is 107 cm³/mol. The third kappa shape index (κ3) is 2.71. The molecule has 10 heteroatoms. The van der Waals surface area contributed by atoms with Crippen molar-refractivity contribution in [2.24, 2.45) is 0 Å². The molecule has 1 atom stereocenters.